The molecule has 0 atom stereocenters. The van der Waals surface area contributed by atoms with Crippen molar-refractivity contribution in [1.82, 2.24) is 5.16 Å². The second-order valence-electron chi connectivity index (χ2n) is 3.47. The van der Waals surface area contributed by atoms with E-state index in [0.717, 1.165) is 0 Å². The molecule has 0 amide bonds. The molecule has 0 unspecified atom stereocenters. The van der Waals surface area contributed by atoms with E-state index in [2.05, 4.69) is 5.16 Å². The maximum absolute atomic E-state index is 8.82. The lowest BCUT2D eigenvalue weighted by Gasteiger charge is -2.06. The number of halogens is 1. The highest BCUT2D eigenvalue weighted by molar-refractivity contribution is 6.33. The molecule has 0 aliphatic carbocycles. The average molecular weight is 254 g/mol. The lowest BCUT2D eigenvalue weighted by atomic mass is 10.1. The maximum Gasteiger partial charge on any atom is 0.139 e. The van der Waals surface area contributed by atoms with Crippen LogP contribution in [0.1, 0.15) is 5.76 Å². The molecule has 0 spiro atoms. The number of aliphatic hydroxyl groups is 1. The number of hydrogen-bond acceptors (Lipinski definition) is 4. The molecule has 0 radical (unpaired) electrons. The highest BCUT2D eigenvalue weighted by Crippen LogP contribution is 2.35. The van der Waals surface area contributed by atoms with Gasteiger partial charge in [-0.15, -0.1) is 0 Å². The van der Waals surface area contributed by atoms with Crippen LogP contribution in [0.25, 0.3) is 11.3 Å². The number of benzene rings is 1. The Morgan fingerprint density at radius 2 is 2.29 bits per heavy atom. The highest BCUT2D eigenvalue weighted by atomic mass is 35.5. The second-order valence-corrected chi connectivity index (χ2v) is 3.88. The van der Waals surface area contributed by atoms with Crippen molar-refractivity contribution in [2.24, 2.45) is 0 Å². The molecule has 1 aromatic carbocycles. The molecule has 0 saturated carbocycles. The van der Waals surface area contributed by atoms with Gasteiger partial charge >= 0.3 is 0 Å². The summed E-state index contributed by atoms with van der Waals surface area (Å²) in [6.45, 7) is 0.0221. The summed E-state index contributed by atoms with van der Waals surface area (Å²) in [4.78, 5) is 0. The van der Waals surface area contributed by atoms with E-state index in [0.29, 0.717) is 34.2 Å². The monoisotopic (exact) mass is 253 g/mol. The van der Waals surface area contributed by atoms with Crippen LogP contribution in [0.4, 0.5) is 0 Å². The fraction of sp³-hybridized carbons (Fsp3) is 0.250. The summed E-state index contributed by atoms with van der Waals surface area (Å²) in [5, 5.41) is 13.3. The summed E-state index contributed by atoms with van der Waals surface area (Å²) in [5.41, 5.74) is 1.31. The zero-order chi connectivity index (χ0) is 12.3. The van der Waals surface area contributed by atoms with Crippen molar-refractivity contribution in [2.45, 2.75) is 6.42 Å². The maximum atomic E-state index is 8.82. The number of hydrogen-bond donors (Lipinski definition) is 1. The number of rotatable bonds is 4. The first-order valence-corrected chi connectivity index (χ1v) is 5.53. The predicted octanol–water partition coefficient (Wildman–Crippen LogP) is 2.54. The average Bonchev–Trinajstić information content (AvgIpc) is 2.77. The Kier molecular flexibility index (Phi) is 3.66. The number of aliphatic hydroxyl groups excluding tert-OH is 1. The van der Waals surface area contributed by atoms with Crippen LogP contribution in [0, 0.1) is 0 Å². The predicted molar refractivity (Wildman–Crippen MR) is 64.3 cm³/mol. The Morgan fingerprint density at radius 1 is 1.47 bits per heavy atom. The van der Waals surface area contributed by atoms with E-state index < -0.39 is 0 Å². The Bertz CT molecular complexity index is 510. The number of nitrogens with zero attached hydrogens (tertiary/aromatic N) is 1. The SMILES string of the molecule is COc1cccc(Cl)c1-c1cc(CCO)on1. The van der Waals surface area contributed by atoms with E-state index in [1.807, 2.05) is 6.07 Å². The summed E-state index contributed by atoms with van der Waals surface area (Å²) < 4.78 is 10.3. The van der Waals surface area contributed by atoms with Crippen LogP contribution in [0.5, 0.6) is 5.75 Å². The largest absolute Gasteiger partial charge is 0.496 e. The molecule has 17 heavy (non-hydrogen) atoms. The van der Waals surface area contributed by atoms with Gasteiger partial charge in [-0.2, -0.15) is 0 Å². The van der Waals surface area contributed by atoms with Gasteiger partial charge in [-0.1, -0.05) is 22.8 Å². The molecule has 1 N–H and O–H groups in total. The molecule has 0 bridgehead atoms. The van der Waals surface area contributed by atoms with Crippen LogP contribution in [0.15, 0.2) is 28.8 Å². The smallest absolute Gasteiger partial charge is 0.139 e. The molecule has 4 nitrogen and oxygen atoms in total. The standard InChI is InChI=1S/C12H12ClNO3/c1-16-11-4-2-3-9(13)12(11)10-7-8(5-6-15)17-14-10/h2-4,7,15H,5-6H2,1H3. The number of aromatic nitrogens is 1. The Balaban J connectivity index is 2.44. The Morgan fingerprint density at radius 3 is 3.00 bits per heavy atom. The molecule has 1 heterocycles. The minimum Gasteiger partial charge on any atom is -0.496 e. The van der Waals surface area contributed by atoms with Crippen molar-refractivity contribution in [3.63, 3.8) is 0 Å². The van der Waals surface area contributed by atoms with Crippen molar-refractivity contribution in [1.29, 1.82) is 0 Å². The summed E-state index contributed by atoms with van der Waals surface area (Å²) >= 11 is 6.12. The van der Waals surface area contributed by atoms with E-state index in [1.165, 1.54) is 0 Å². The Hall–Kier alpha value is -1.52. The molecule has 0 fully saturated rings. The number of ether oxygens (including phenoxy) is 1. The molecule has 2 aromatic rings. The van der Waals surface area contributed by atoms with Crippen LogP contribution in [-0.2, 0) is 6.42 Å². The molecule has 0 aliphatic heterocycles. The Labute approximate surface area is 104 Å². The molecular formula is C12H12ClNO3. The van der Waals surface area contributed by atoms with Gasteiger partial charge in [0.1, 0.15) is 17.2 Å². The first-order valence-electron chi connectivity index (χ1n) is 5.15. The van der Waals surface area contributed by atoms with Gasteiger partial charge in [0.25, 0.3) is 0 Å². The molecule has 0 saturated heterocycles. The quantitative estimate of drug-likeness (QED) is 0.910. The van der Waals surface area contributed by atoms with Crippen molar-refractivity contribution in [2.75, 3.05) is 13.7 Å². The molecule has 2 rings (SSSR count). The van der Waals surface area contributed by atoms with Gasteiger partial charge in [-0.3, -0.25) is 0 Å². The highest BCUT2D eigenvalue weighted by Gasteiger charge is 2.14. The third-order valence-electron chi connectivity index (χ3n) is 2.37. The minimum atomic E-state index is 0.0221. The van der Waals surface area contributed by atoms with Crippen LogP contribution in [0.2, 0.25) is 5.02 Å². The molecular weight excluding hydrogens is 242 g/mol. The van der Waals surface area contributed by atoms with E-state index in [1.54, 1.807) is 25.3 Å². The van der Waals surface area contributed by atoms with Gasteiger partial charge < -0.3 is 14.4 Å². The van der Waals surface area contributed by atoms with Crippen LogP contribution in [-0.4, -0.2) is 24.0 Å². The summed E-state index contributed by atoms with van der Waals surface area (Å²) in [6.07, 6.45) is 0.430. The zero-order valence-corrected chi connectivity index (χ0v) is 10.1. The van der Waals surface area contributed by atoms with E-state index in [4.69, 9.17) is 26.0 Å². The second kappa shape index (κ2) is 5.21. The first kappa shape index (κ1) is 12.0. The molecule has 5 heteroatoms. The number of methoxy groups -OCH3 is 1. The van der Waals surface area contributed by atoms with Crippen LogP contribution < -0.4 is 4.74 Å². The molecule has 90 valence electrons. The van der Waals surface area contributed by atoms with E-state index in [9.17, 15) is 0 Å². The van der Waals surface area contributed by atoms with Crippen molar-refractivity contribution >= 4 is 11.6 Å². The summed E-state index contributed by atoms with van der Waals surface area (Å²) in [6, 6.07) is 7.13. The normalized spacial score (nSPS) is 10.5. The van der Waals surface area contributed by atoms with Crippen LogP contribution in [0.3, 0.4) is 0 Å². The van der Waals surface area contributed by atoms with Gasteiger partial charge in [0.2, 0.25) is 0 Å². The fourth-order valence-electron chi connectivity index (χ4n) is 1.58. The van der Waals surface area contributed by atoms with Crippen LogP contribution >= 0.6 is 11.6 Å². The zero-order valence-electron chi connectivity index (χ0n) is 9.31. The van der Waals surface area contributed by atoms with Crippen molar-refractivity contribution in [3.8, 4) is 17.0 Å². The third-order valence-corrected chi connectivity index (χ3v) is 2.68. The third kappa shape index (κ3) is 2.43. The molecule has 1 aromatic heterocycles. The van der Waals surface area contributed by atoms with Gasteiger partial charge in [0.05, 0.1) is 24.3 Å². The summed E-state index contributed by atoms with van der Waals surface area (Å²) in [5.74, 6) is 1.26. The van der Waals surface area contributed by atoms with E-state index in [-0.39, 0.29) is 6.61 Å². The van der Waals surface area contributed by atoms with Gasteiger partial charge in [-0.25, -0.2) is 0 Å². The van der Waals surface area contributed by atoms with Gasteiger partial charge in [-0.05, 0) is 12.1 Å². The molecule has 0 aliphatic rings. The van der Waals surface area contributed by atoms with Gasteiger partial charge in [0, 0.05) is 12.5 Å². The van der Waals surface area contributed by atoms with Crippen molar-refractivity contribution < 1.29 is 14.4 Å². The first-order chi connectivity index (χ1) is 8.26. The van der Waals surface area contributed by atoms with Crippen molar-refractivity contribution in [3.05, 3.63) is 35.0 Å². The lowest BCUT2D eigenvalue weighted by Crippen LogP contribution is -1.89. The summed E-state index contributed by atoms with van der Waals surface area (Å²) in [7, 11) is 1.57. The fourth-order valence-corrected chi connectivity index (χ4v) is 1.84. The van der Waals surface area contributed by atoms with Gasteiger partial charge in [0.15, 0.2) is 0 Å². The minimum absolute atomic E-state index is 0.0221. The van der Waals surface area contributed by atoms with E-state index >= 15 is 0 Å². The topological polar surface area (TPSA) is 55.5 Å². The lowest BCUT2D eigenvalue weighted by molar-refractivity contribution is 0.277.